The second-order valence-electron chi connectivity index (χ2n) is 5.58. The summed E-state index contributed by atoms with van der Waals surface area (Å²) in [5.74, 6) is 0.916. The molecule has 0 radical (unpaired) electrons. The maximum Gasteiger partial charge on any atom is 0.138 e. The van der Waals surface area contributed by atoms with Gasteiger partial charge < -0.3 is 14.8 Å². The normalized spacial score (nSPS) is 18.6. The Morgan fingerprint density at radius 2 is 2.21 bits per heavy atom. The molecule has 0 aromatic carbocycles. The van der Waals surface area contributed by atoms with Crippen molar-refractivity contribution in [2.75, 3.05) is 0 Å². The minimum absolute atomic E-state index is 0.202. The molecule has 1 atom stereocenters. The summed E-state index contributed by atoms with van der Waals surface area (Å²) >= 11 is 0. The highest BCUT2D eigenvalue weighted by atomic mass is 16.5. The van der Waals surface area contributed by atoms with E-state index in [0.29, 0.717) is 0 Å². The molecular weight excluding hydrogens is 238 g/mol. The zero-order valence-electron chi connectivity index (χ0n) is 11.9. The van der Waals surface area contributed by atoms with Crippen LogP contribution < -0.4 is 5.73 Å². The van der Waals surface area contributed by atoms with E-state index in [0.717, 1.165) is 30.8 Å². The minimum atomic E-state index is 0.202. The smallest absolute Gasteiger partial charge is 0.138 e. The maximum absolute atomic E-state index is 6.22. The van der Waals surface area contributed by atoms with Crippen LogP contribution in [0.25, 0.3) is 0 Å². The van der Waals surface area contributed by atoms with Crippen LogP contribution in [0, 0.1) is 20.8 Å². The molecule has 3 rings (SSSR count). The van der Waals surface area contributed by atoms with E-state index in [1.165, 1.54) is 28.9 Å². The third-order valence-corrected chi connectivity index (χ3v) is 4.27. The van der Waals surface area contributed by atoms with E-state index >= 15 is 0 Å². The van der Waals surface area contributed by atoms with Crippen molar-refractivity contribution in [1.29, 1.82) is 0 Å². The van der Waals surface area contributed by atoms with Gasteiger partial charge in [-0.3, -0.25) is 0 Å². The number of hydrogen-bond donors (Lipinski definition) is 1. The van der Waals surface area contributed by atoms with Crippen molar-refractivity contribution < 1.29 is 4.52 Å². The van der Waals surface area contributed by atoms with Crippen LogP contribution in [-0.4, -0.2) is 9.72 Å². The van der Waals surface area contributed by atoms with Gasteiger partial charge in [-0.05, 0) is 51.7 Å². The van der Waals surface area contributed by atoms with E-state index in [9.17, 15) is 0 Å². The molecule has 0 spiro atoms. The van der Waals surface area contributed by atoms with Gasteiger partial charge in [0.2, 0.25) is 0 Å². The number of rotatable bonds is 2. The van der Waals surface area contributed by atoms with E-state index in [2.05, 4.69) is 22.7 Å². The van der Waals surface area contributed by atoms with E-state index in [4.69, 9.17) is 10.3 Å². The molecular formula is C15H21N3O. The lowest BCUT2D eigenvalue weighted by Gasteiger charge is -2.21. The summed E-state index contributed by atoms with van der Waals surface area (Å²) < 4.78 is 7.64. The summed E-state index contributed by atoms with van der Waals surface area (Å²) in [7, 11) is 0. The average Bonchev–Trinajstić information content (AvgIpc) is 2.86. The Kier molecular flexibility index (Phi) is 2.97. The first-order valence-electron chi connectivity index (χ1n) is 6.94. The Morgan fingerprint density at radius 1 is 1.42 bits per heavy atom. The van der Waals surface area contributed by atoms with Crippen LogP contribution in [0.1, 0.15) is 52.9 Å². The second-order valence-corrected chi connectivity index (χ2v) is 5.58. The van der Waals surface area contributed by atoms with Gasteiger partial charge in [0, 0.05) is 23.0 Å². The predicted molar refractivity (Wildman–Crippen MR) is 74.1 cm³/mol. The quantitative estimate of drug-likeness (QED) is 0.902. The number of fused-ring (bicyclic) bond motifs is 1. The van der Waals surface area contributed by atoms with Gasteiger partial charge in [-0.15, -0.1) is 0 Å². The van der Waals surface area contributed by atoms with Crippen LogP contribution in [0.3, 0.4) is 0 Å². The molecule has 0 fully saturated rings. The Morgan fingerprint density at radius 3 is 2.89 bits per heavy atom. The van der Waals surface area contributed by atoms with Gasteiger partial charge in [0.05, 0.1) is 12.2 Å². The first-order valence-corrected chi connectivity index (χ1v) is 6.94. The zero-order valence-corrected chi connectivity index (χ0v) is 11.9. The number of nitrogens with zero attached hydrogens (tertiary/aromatic N) is 2. The van der Waals surface area contributed by atoms with Crippen LogP contribution in [-0.2, 0) is 13.0 Å². The molecule has 0 saturated heterocycles. The second kappa shape index (κ2) is 4.53. The Labute approximate surface area is 113 Å². The number of nitrogens with two attached hydrogens (primary N) is 1. The van der Waals surface area contributed by atoms with Gasteiger partial charge >= 0.3 is 0 Å². The highest BCUT2D eigenvalue weighted by Gasteiger charge is 2.23. The van der Waals surface area contributed by atoms with Gasteiger partial charge in [0.1, 0.15) is 5.76 Å². The van der Waals surface area contributed by atoms with Crippen molar-refractivity contribution in [3.05, 3.63) is 40.0 Å². The van der Waals surface area contributed by atoms with E-state index in [-0.39, 0.29) is 6.04 Å². The molecule has 4 heteroatoms. The number of aryl methyl sites for hydroxylation is 3. The van der Waals surface area contributed by atoms with Gasteiger partial charge in [0.25, 0.3) is 0 Å². The van der Waals surface area contributed by atoms with Crippen LogP contribution in [0.5, 0.6) is 0 Å². The average molecular weight is 259 g/mol. The first-order chi connectivity index (χ1) is 9.08. The fourth-order valence-corrected chi connectivity index (χ4v) is 3.11. The van der Waals surface area contributed by atoms with E-state index < -0.39 is 0 Å². The fourth-order valence-electron chi connectivity index (χ4n) is 3.11. The van der Waals surface area contributed by atoms with Gasteiger partial charge in [-0.1, -0.05) is 5.16 Å². The van der Waals surface area contributed by atoms with E-state index in [1.54, 1.807) is 0 Å². The molecule has 19 heavy (non-hydrogen) atoms. The fraction of sp³-hybridized carbons (Fsp3) is 0.533. The maximum atomic E-state index is 6.22. The molecule has 2 aromatic heterocycles. The highest BCUT2D eigenvalue weighted by molar-refractivity contribution is 5.34. The SMILES string of the molecule is Cc1noc(C)c1Cn1c(C)cc2c1CCCC2N. The van der Waals surface area contributed by atoms with Crippen LogP contribution in [0.15, 0.2) is 10.6 Å². The molecule has 0 aliphatic heterocycles. The molecule has 0 amide bonds. The molecule has 1 unspecified atom stereocenters. The van der Waals surface area contributed by atoms with Crippen molar-refractivity contribution in [1.82, 2.24) is 9.72 Å². The Hall–Kier alpha value is -1.55. The van der Waals surface area contributed by atoms with Crippen molar-refractivity contribution in [2.45, 2.75) is 52.6 Å². The lowest BCUT2D eigenvalue weighted by atomic mass is 9.93. The molecule has 1 aliphatic carbocycles. The van der Waals surface area contributed by atoms with Crippen LogP contribution in [0.2, 0.25) is 0 Å². The molecule has 0 bridgehead atoms. The molecule has 102 valence electrons. The molecule has 4 nitrogen and oxygen atoms in total. The summed E-state index contributed by atoms with van der Waals surface area (Å²) in [6.07, 6.45) is 3.40. The summed E-state index contributed by atoms with van der Waals surface area (Å²) in [6, 6.07) is 2.45. The molecule has 2 heterocycles. The van der Waals surface area contributed by atoms with Gasteiger partial charge in [0.15, 0.2) is 0 Å². The third-order valence-electron chi connectivity index (χ3n) is 4.27. The van der Waals surface area contributed by atoms with Crippen LogP contribution >= 0.6 is 0 Å². The zero-order chi connectivity index (χ0) is 13.6. The molecule has 0 saturated carbocycles. The summed E-state index contributed by atoms with van der Waals surface area (Å²) in [5, 5.41) is 4.04. The predicted octanol–water partition coefficient (Wildman–Crippen LogP) is 2.79. The standard InChI is InChI=1S/C15H21N3O/c1-9-7-12-14(16)5-4-6-15(12)18(9)8-13-10(2)17-19-11(13)3/h7,14H,4-6,8,16H2,1-3H3. The largest absolute Gasteiger partial charge is 0.361 e. The molecule has 1 aliphatic rings. The first kappa shape index (κ1) is 12.5. The Balaban J connectivity index is 2.02. The highest BCUT2D eigenvalue weighted by Crippen LogP contribution is 2.31. The van der Waals surface area contributed by atoms with Gasteiger partial charge in [-0.2, -0.15) is 0 Å². The summed E-state index contributed by atoms with van der Waals surface area (Å²) in [4.78, 5) is 0. The summed E-state index contributed by atoms with van der Waals surface area (Å²) in [6.45, 7) is 6.98. The monoisotopic (exact) mass is 259 g/mol. The third kappa shape index (κ3) is 2.00. The Bertz CT molecular complexity index is 590. The minimum Gasteiger partial charge on any atom is -0.361 e. The summed E-state index contributed by atoms with van der Waals surface area (Å²) in [5.41, 5.74) is 12.4. The van der Waals surface area contributed by atoms with Gasteiger partial charge in [-0.25, -0.2) is 0 Å². The van der Waals surface area contributed by atoms with Crippen molar-refractivity contribution in [2.24, 2.45) is 5.73 Å². The number of hydrogen-bond acceptors (Lipinski definition) is 3. The topological polar surface area (TPSA) is 57.0 Å². The molecule has 2 aromatic rings. The van der Waals surface area contributed by atoms with Crippen molar-refractivity contribution >= 4 is 0 Å². The lowest BCUT2D eigenvalue weighted by Crippen LogP contribution is -2.18. The van der Waals surface area contributed by atoms with Crippen molar-refractivity contribution in [3.63, 3.8) is 0 Å². The van der Waals surface area contributed by atoms with Crippen molar-refractivity contribution in [3.8, 4) is 0 Å². The van der Waals surface area contributed by atoms with E-state index in [1.807, 2.05) is 13.8 Å². The number of aromatic nitrogens is 2. The molecule has 2 N–H and O–H groups in total. The lowest BCUT2D eigenvalue weighted by molar-refractivity contribution is 0.392. The van der Waals surface area contributed by atoms with Crippen LogP contribution in [0.4, 0.5) is 0 Å².